The summed E-state index contributed by atoms with van der Waals surface area (Å²) in [5.41, 5.74) is 6.04. The van der Waals surface area contributed by atoms with Crippen LogP contribution in [0.3, 0.4) is 0 Å². The van der Waals surface area contributed by atoms with Crippen LogP contribution in [-0.2, 0) is 56.9 Å². The van der Waals surface area contributed by atoms with Gasteiger partial charge in [-0.3, -0.25) is 4.79 Å². The molecule has 0 unspecified atom stereocenters. The fraction of sp³-hybridized carbons (Fsp3) is 0.217. The predicted octanol–water partition coefficient (Wildman–Crippen LogP) is 3.99. The van der Waals surface area contributed by atoms with Crippen LogP contribution < -0.4 is 4.57 Å². The van der Waals surface area contributed by atoms with Crippen LogP contribution in [0.25, 0.3) is 0 Å². The Bertz CT molecular complexity index is 854. The van der Waals surface area contributed by atoms with Crippen molar-refractivity contribution in [1.29, 1.82) is 0 Å². The van der Waals surface area contributed by atoms with Crippen LogP contribution >= 0.6 is 0 Å². The van der Waals surface area contributed by atoms with Gasteiger partial charge in [0, 0.05) is 57.2 Å². The van der Waals surface area contributed by atoms with Gasteiger partial charge in [-0.25, -0.2) is 0 Å². The molecule has 1 radical (unpaired) electrons. The number of nitrogens with zero attached hydrogens (tertiary/aromatic N) is 1. The number of aromatic nitrogens is 1. The fourth-order valence-electron chi connectivity index (χ4n) is 3.20. The Balaban J connectivity index is 0.00000243. The van der Waals surface area contributed by atoms with Crippen LogP contribution in [0.5, 0.6) is 0 Å². The maximum absolute atomic E-state index is 12.5. The Morgan fingerprint density at radius 3 is 2.19 bits per heavy atom. The molecule has 129 valence electrons. The summed E-state index contributed by atoms with van der Waals surface area (Å²) in [4.78, 5) is 12.5. The van der Waals surface area contributed by atoms with Crippen molar-refractivity contribution < 1.29 is 42.1 Å². The zero-order valence-corrected chi connectivity index (χ0v) is 18.3. The first-order valence-corrected chi connectivity index (χ1v) is 8.70. The number of hydrogen-bond donors (Lipinski definition) is 0. The first-order valence-electron chi connectivity index (χ1n) is 8.70. The van der Waals surface area contributed by atoms with Gasteiger partial charge in [0.15, 0.2) is 12.4 Å². The zero-order valence-electron chi connectivity index (χ0n) is 15.5. The molecular formula is C23H24NOY+. The number of rotatable bonds is 6. The van der Waals surface area contributed by atoms with Crippen molar-refractivity contribution in [1.82, 2.24) is 0 Å². The summed E-state index contributed by atoms with van der Waals surface area (Å²) in [7, 11) is 0. The molecule has 0 fully saturated rings. The fourth-order valence-corrected chi connectivity index (χ4v) is 3.20. The molecule has 3 rings (SSSR count). The number of ketones is 1. The van der Waals surface area contributed by atoms with Crippen LogP contribution in [0, 0.1) is 13.8 Å². The molecule has 3 aromatic rings. The third-order valence-electron chi connectivity index (χ3n) is 4.55. The standard InChI is InChI=1S/C23H24NO.Y/c1-18-8-6-9-19(2)23(18)15-22(25)17-24-13-7-12-21(16-24)14-20-10-4-3-5-11-20;/h3-13,16H,14-15,17H2,1-2H3;/q+1;. The number of benzene rings is 2. The first-order chi connectivity index (χ1) is 12.1. The molecule has 3 heteroatoms. The van der Waals surface area contributed by atoms with E-state index in [0.717, 1.165) is 12.0 Å². The summed E-state index contributed by atoms with van der Waals surface area (Å²) in [6.45, 7) is 4.56. The minimum atomic E-state index is 0. The number of carbonyl (C=O) groups is 1. The topological polar surface area (TPSA) is 20.9 Å². The molecule has 0 atom stereocenters. The van der Waals surface area contributed by atoms with Gasteiger partial charge in [-0.15, -0.1) is 0 Å². The molecule has 2 nitrogen and oxygen atoms in total. The molecule has 1 heterocycles. The van der Waals surface area contributed by atoms with E-state index in [2.05, 4.69) is 62.5 Å². The second-order valence-electron chi connectivity index (χ2n) is 6.63. The van der Waals surface area contributed by atoms with Gasteiger partial charge in [-0.2, -0.15) is 4.57 Å². The molecule has 0 spiro atoms. The van der Waals surface area contributed by atoms with Crippen molar-refractivity contribution in [2.75, 3.05) is 0 Å². The van der Waals surface area contributed by atoms with E-state index < -0.39 is 0 Å². The molecule has 0 saturated carbocycles. The van der Waals surface area contributed by atoms with Gasteiger partial charge < -0.3 is 0 Å². The maximum atomic E-state index is 12.5. The average Bonchev–Trinajstić information content (AvgIpc) is 2.59. The predicted molar refractivity (Wildman–Crippen MR) is 101 cm³/mol. The molecule has 26 heavy (non-hydrogen) atoms. The van der Waals surface area contributed by atoms with Crippen LogP contribution in [0.2, 0.25) is 0 Å². The Kier molecular flexibility index (Phi) is 7.87. The molecule has 0 bridgehead atoms. The third-order valence-corrected chi connectivity index (χ3v) is 4.55. The Labute approximate surface area is 181 Å². The third kappa shape index (κ3) is 5.69. The Morgan fingerprint density at radius 2 is 1.50 bits per heavy atom. The van der Waals surface area contributed by atoms with Crippen molar-refractivity contribution in [2.45, 2.75) is 33.2 Å². The van der Waals surface area contributed by atoms with E-state index in [-0.39, 0.29) is 38.5 Å². The molecular weight excluding hydrogens is 395 g/mol. The molecule has 0 amide bonds. The SMILES string of the molecule is Cc1cccc(C)c1CC(=O)C[n+]1cccc(Cc2ccccc2)c1.[Y]. The van der Waals surface area contributed by atoms with E-state index in [4.69, 9.17) is 0 Å². The normalized spacial score (nSPS) is 10.2. The summed E-state index contributed by atoms with van der Waals surface area (Å²) < 4.78 is 1.99. The number of pyridine rings is 1. The van der Waals surface area contributed by atoms with Gasteiger partial charge in [0.2, 0.25) is 12.3 Å². The molecule has 0 aliphatic rings. The molecule has 0 aliphatic heterocycles. The number of aryl methyl sites for hydroxylation is 2. The summed E-state index contributed by atoms with van der Waals surface area (Å²) >= 11 is 0. The second kappa shape index (κ2) is 9.90. The van der Waals surface area contributed by atoms with Crippen LogP contribution in [0.15, 0.2) is 73.1 Å². The largest absolute Gasteiger partial charge is 0.292 e. The quantitative estimate of drug-likeness (QED) is 0.554. The summed E-state index contributed by atoms with van der Waals surface area (Å²) in [5.74, 6) is 0.235. The Morgan fingerprint density at radius 1 is 0.846 bits per heavy atom. The van der Waals surface area contributed by atoms with E-state index >= 15 is 0 Å². The summed E-state index contributed by atoms with van der Waals surface area (Å²) in [6, 6.07) is 20.7. The van der Waals surface area contributed by atoms with Crippen molar-refractivity contribution in [2.24, 2.45) is 0 Å². The molecule has 0 aliphatic carbocycles. The Hall–Kier alpha value is -1.64. The van der Waals surface area contributed by atoms with E-state index in [1.807, 2.05) is 29.0 Å². The molecule has 0 N–H and O–H groups in total. The van der Waals surface area contributed by atoms with E-state index in [0.29, 0.717) is 13.0 Å². The number of hydrogen-bond acceptors (Lipinski definition) is 1. The van der Waals surface area contributed by atoms with Gasteiger partial charge in [-0.1, -0.05) is 48.5 Å². The van der Waals surface area contributed by atoms with E-state index in [1.165, 1.54) is 22.3 Å². The molecule has 1 aromatic heterocycles. The van der Waals surface area contributed by atoms with Crippen LogP contribution in [0.1, 0.15) is 27.8 Å². The minimum Gasteiger partial charge on any atom is -0.292 e. The number of carbonyl (C=O) groups excluding carboxylic acids is 1. The second-order valence-corrected chi connectivity index (χ2v) is 6.63. The summed E-state index contributed by atoms with van der Waals surface area (Å²) in [5, 5.41) is 0. The maximum Gasteiger partial charge on any atom is 0.206 e. The van der Waals surface area contributed by atoms with Gasteiger partial charge in [0.25, 0.3) is 0 Å². The smallest absolute Gasteiger partial charge is 0.206 e. The number of Topliss-reactive ketones (excluding diaryl/α,β-unsaturated/α-hetero) is 1. The van der Waals surface area contributed by atoms with Gasteiger partial charge in [0.05, 0.1) is 0 Å². The van der Waals surface area contributed by atoms with Crippen LogP contribution in [-0.4, -0.2) is 5.78 Å². The molecule has 0 saturated heterocycles. The monoisotopic (exact) mass is 419 g/mol. The van der Waals surface area contributed by atoms with Crippen molar-refractivity contribution >= 4 is 5.78 Å². The van der Waals surface area contributed by atoms with Gasteiger partial charge in [-0.05, 0) is 42.2 Å². The van der Waals surface area contributed by atoms with E-state index in [1.54, 1.807) is 0 Å². The zero-order chi connectivity index (χ0) is 17.6. The first kappa shape index (κ1) is 20.7. The van der Waals surface area contributed by atoms with E-state index in [9.17, 15) is 4.79 Å². The van der Waals surface area contributed by atoms with Crippen molar-refractivity contribution in [3.05, 3.63) is 101 Å². The van der Waals surface area contributed by atoms with Crippen LogP contribution in [0.4, 0.5) is 0 Å². The average molecular weight is 419 g/mol. The minimum absolute atomic E-state index is 0. The van der Waals surface area contributed by atoms with Gasteiger partial charge in [0.1, 0.15) is 0 Å². The van der Waals surface area contributed by atoms with Crippen molar-refractivity contribution in [3.63, 3.8) is 0 Å². The van der Waals surface area contributed by atoms with Gasteiger partial charge >= 0.3 is 0 Å². The summed E-state index contributed by atoms with van der Waals surface area (Å²) in [6.07, 6.45) is 5.42. The molecule has 2 aromatic carbocycles. The van der Waals surface area contributed by atoms with Crippen molar-refractivity contribution in [3.8, 4) is 0 Å².